The molecule has 3 nitrogen and oxygen atoms in total. The van der Waals surface area contributed by atoms with Gasteiger partial charge in [-0.1, -0.05) is 0 Å². The fraction of sp³-hybridized carbons (Fsp3) is 0. The molecule has 0 fully saturated rings. The van der Waals surface area contributed by atoms with Crippen LogP contribution in [0.4, 0.5) is 0 Å². The maximum atomic E-state index is 8.58. The molecule has 1 N–H and O–H groups in total. The van der Waals surface area contributed by atoms with Gasteiger partial charge in [0.15, 0.2) is 0 Å². The summed E-state index contributed by atoms with van der Waals surface area (Å²) in [5, 5.41) is 6.95. The summed E-state index contributed by atoms with van der Waals surface area (Å²) in [7, 11) is 0. The van der Waals surface area contributed by atoms with Gasteiger partial charge in [-0.25, -0.2) is 5.26 Å². The average molecular weight is 349 g/mol. The smallest absolute Gasteiger partial charge is 0.509 e. The van der Waals surface area contributed by atoms with Gasteiger partial charge in [-0.2, -0.15) is 0 Å². The minimum Gasteiger partial charge on any atom is -0.509 e. The predicted molar refractivity (Wildman–Crippen MR) is 15.8 cm³/mol. The van der Waals surface area contributed by atoms with E-state index in [1.165, 1.54) is 0 Å². The van der Waals surface area contributed by atoms with Crippen molar-refractivity contribution in [2.75, 3.05) is 0 Å². The summed E-state index contributed by atoms with van der Waals surface area (Å²) in [6, 6.07) is 0. The van der Waals surface area contributed by atoms with Gasteiger partial charge in [0, 0.05) is 32.7 Å². The summed E-state index contributed by atoms with van der Waals surface area (Å²) in [5.41, 5.74) is 0. The third kappa shape index (κ3) is 39.9. The zero-order valence-corrected chi connectivity index (χ0v) is 9.52. The van der Waals surface area contributed by atoms with Gasteiger partial charge in [0.05, 0.1) is 0 Å². The fourth-order valence-electron chi connectivity index (χ4n) is 0. The van der Waals surface area contributed by atoms with Crippen LogP contribution in [-0.2, 0) is 63.5 Å². The van der Waals surface area contributed by atoms with Gasteiger partial charge >= 0.3 is 21.1 Å². The van der Waals surface area contributed by atoms with Crippen LogP contribution in [0.3, 0.4) is 0 Å². The second-order valence-electron chi connectivity index (χ2n) is 0.175. The second kappa shape index (κ2) is 26.9. The largest absolute Gasteiger partial charge is 2.00 e. The average Bonchev–Trinajstić information content (AvgIpc) is 1.37. The van der Waals surface area contributed by atoms with E-state index in [-0.39, 0.29) is 61.2 Å². The number of hydrogen-bond acceptors (Lipinski definition) is 3. The van der Waals surface area contributed by atoms with E-state index in [4.69, 9.17) is 10.1 Å². The molecule has 0 aromatic rings. The van der Waals surface area contributed by atoms with Gasteiger partial charge in [-0.3, -0.25) is 0 Å². The van der Waals surface area contributed by atoms with Gasteiger partial charge in [-0.15, -0.1) is 0 Å². The molecule has 0 amide bonds. The van der Waals surface area contributed by atoms with Crippen LogP contribution in [0.1, 0.15) is 0 Å². The van der Waals surface area contributed by atoms with Gasteiger partial charge in [-0.05, 0) is 6.47 Å². The van der Waals surface area contributed by atoms with Crippen LogP contribution < -0.4 is 0 Å². The van der Waals surface area contributed by atoms with E-state index in [9.17, 15) is 0 Å². The molecular weight excluding hydrogens is 345 g/mol. The standard InChI is InChI=1S/CHO3.CH3.W.Y/c2-1-4-3;;;/h3H;1H3;;/q2*-1;+2;. The second-order valence-corrected chi connectivity index (χ2v) is 0.175. The molecule has 0 unspecified atom stereocenters. The summed E-state index contributed by atoms with van der Waals surface area (Å²) in [4.78, 5) is 11.3. The van der Waals surface area contributed by atoms with Gasteiger partial charge in [0.1, 0.15) is 0 Å². The first-order valence-corrected chi connectivity index (χ1v) is 0.591. The Bertz CT molecular complexity index is 26.9. The van der Waals surface area contributed by atoms with Gasteiger partial charge in [0.25, 0.3) is 0 Å². The predicted octanol–water partition coefficient (Wildman–Crippen LogP) is -0.0115. The molecule has 0 aliphatic heterocycles. The maximum Gasteiger partial charge on any atom is 2.00 e. The molecule has 0 bridgehead atoms. The SMILES string of the molecule is O=[C-]OO.[CH3-].[W+2].[Y]. The van der Waals surface area contributed by atoms with Gasteiger partial charge in [0.2, 0.25) is 0 Å². The summed E-state index contributed by atoms with van der Waals surface area (Å²) >= 11 is 0. The molecule has 0 aromatic carbocycles. The van der Waals surface area contributed by atoms with Crippen molar-refractivity contribution >= 4 is 6.47 Å². The van der Waals surface area contributed by atoms with E-state index >= 15 is 0 Å². The number of hydrogen-bond donors (Lipinski definition) is 1. The van der Waals surface area contributed by atoms with Crippen LogP contribution in [-0.4, -0.2) is 11.7 Å². The van der Waals surface area contributed by atoms with Crippen molar-refractivity contribution in [1.82, 2.24) is 0 Å². The Kier molecular flexibility index (Phi) is 92.6. The number of rotatable bonds is 1. The summed E-state index contributed by atoms with van der Waals surface area (Å²) in [6.07, 6.45) is 0. The number of carbonyl (C=O) groups excluding carboxylic acids is 1. The quantitative estimate of drug-likeness (QED) is 0.412. The first-order valence-electron chi connectivity index (χ1n) is 0.591. The summed E-state index contributed by atoms with van der Waals surface area (Å²) < 4.78 is 0. The van der Waals surface area contributed by atoms with E-state index in [1.807, 2.05) is 0 Å². The minimum atomic E-state index is 0. The molecule has 0 atom stereocenters. The Morgan fingerprint density at radius 3 is 1.71 bits per heavy atom. The van der Waals surface area contributed by atoms with Crippen molar-refractivity contribution in [3.63, 3.8) is 0 Å². The van der Waals surface area contributed by atoms with Crippen LogP contribution >= 0.6 is 0 Å². The van der Waals surface area contributed by atoms with Crippen molar-refractivity contribution in [2.45, 2.75) is 0 Å². The normalized spacial score (nSPS) is 3.00. The molecule has 7 heavy (non-hydrogen) atoms. The molecule has 0 heterocycles. The van der Waals surface area contributed by atoms with Crippen LogP contribution in [0, 0.1) is 7.43 Å². The molecule has 0 saturated heterocycles. The Balaban J connectivity index is -0.0000000150. The molecule has 0 aliphatic rings. The van der Waals surface area contributed by atoms with E-state index < -0.39 is 0 Å². The van der Waals surface area contributed by atoms with Crippen LogP contribution in [0.2, 0.25) is 0 Å². The molecule has 0 spiro atoms. The van der Waals surface area contributed by atoms with Crippen molar-refractivity contribution < 1.29 is 68.7 Å². The molecule has 0 saturated carbocycles. The van der Waals surface area contributed by atoms with Crippen LogP contribution in [0.15, 0.2) is 0 Å². The van der Waals surface area contributed by atoms with Crippen molar-refractivity contribution in [1.29, 1.82) is 0 Å². The zero-order valence-electron chi connectivity index (χ0n) is 3.75. The Labute approximate surface area is 81.9 Å². The summed E-state index contributed by atoms with van der Waals surface area (Å²) in [6.45, 7) is 0.736. The molecule has 1 radical (unpaired) electrons. The van der Waals surface area contributed by atoms with E-state index in [0.717, 1.165) is 6.47 Å². The Hall–Kier alpha value is 1.22. The van der Waals surface area contributed by atoms with E-state index in [1.54, 1.807) is 0 Å². The van der Waals surface area contributed by atoms with Crippen molar-refractivity contribution in [3.05, 3.63) is 7.43 Å². The fourth-order valence-corrected chi connectivity index (χ4v) is 0. The van der Waals surface area contributed by atoms with E-state index in [0.29, 0.717) is 0 Å². The van der Waals surface area contributed by atoms with Gasteiger partial charge < -0.3 is 17.1 Å². The molecule has 5 heteroatoms. The van der Waals surface area contributed by atoms with Crippen LogP contribution in [0.25, 0.3) is 0 Å². The minimum absolute atomic E-state index is 0. The van der Waals surface area contributed by atoms with Crippen LogP contribution in [0.5, 0.6) is 0 Å². The Morgan fingerprint density at radius 1 is 1.57 bits per heavy atom. The third-order valence-electron chi connectivity index (χ3n) is 0.0373. The van der Waals surface area contributed by atoms with Crippen molar-refractivity contribution in [3.8, 4) is 0 Å². The molecule has 0 aliphatic carbocycles. The third-order valence-corrected chi connectivity index (χ3v) is 0.0373. The summed E-state index contributed by atoms with van der Waals surface area (Å²) in [5.74, 6) is 0. The van der Waals surface area contributed by atoms with E-state index in [2.05, 4.69) is 4.89 Å². The Morgan fingerprint density at radius 2 is 1.71 bits per heavy atom. The molecule has 0 rings (SSSR count). The molecule has 39 valence electrons. The zero-order chi connectivity index (χ0) is 3.41. The maximum absolute atomic E-state index is 8.58. The molecule has 0 aromatic heterocycles. The first-order chi connectivity index (χ1) is 1.91. The topological polar surface area (TPSA) is 46.5 Å². The first kappa shape index (κ1) is 24.1. The monoisotopic (exact) mass is 349 g/mol. The molecular formula is C2H4O3WY. The van der Waals surface area contributed by atoms with Crippen molar-refractivity contribution in [2.24, 2.45) is 0 Å².